The summed E-state index contributed by atoms with van der Waals surface area (Å²) in [6, 6.07) is 4.84. The summed E-state index contributed by atoms with van der Waals surface area (Å²) in [6.45, 7) is 1.59. The van der Waals surface area contributed by atoms with E-state index in [4.69, 9.17) is 4.74 Å². The minimum atomic E-state index is -0.691. The van der Waals surface area contributed by atoms with Gasteiger partial charge in [0.25, 0.3) is 0 Å². The molecule has 0 amide bonds. The Morgan fingerprint density at radius 1 is 1.50 bits per heavy atom. The lowest BCUT2D eigenvalue weighted by atomic mass is 10.2. The van der Waals surface area contributed by atoms with Crippen LogP contribution in [-0.2, 0) is 9.53 Å². The lowest BCUT2D eigenvalue weighted by molar-refractivity contribution is -0.147. The first-order chi connectivity index (χ1) is 7.58. The van der Waals surface area contributed by atoms with E-state index < -0.39 is 12.1 Å². The van der Waals surface area contributed by atoms with Crippen LogP contribution in [0.25, 0.3) is 0 Å². The van der Waals surface area contributed by atoms with Crippen molar-refractivity contribution in [1.82, 2.24) is 0 Å². The van der Waals surface area contributed by atoms with Gasteiger partial charge in [0.2, 0.25) is 0 Å². The van der Waals surface area contributed by atoms with Crippen LogP contribution in [0.5, 0.6) is 5.75 Å². The average Bonchev–Trinajstić information content (AvgIpc) is 2.30. The van der Waals surface area contributed by atoms with Crippen LogP contribution in [0.4, 0.5) is 0 Å². The number of methoxy groups -OCH3 is 1. The van der Waals surface area contributed by atoms with E-state index in [2.05, 4.69) is 20.7 Å². The SMILES string of the molecule is COC(=O)C(C)Oc1ccc(C=O)cc1Br. The van der Waals surface area contributed by atoms with Gasteiger partial charge in [0.1, 0.15) is 12.0 Å². The molecular formula is C11H11BrO4. The molecule has 86 valence electrons. The Morgan fingerprint density at radius 3 is 2.69 bits per heavy atom. The van der Waals surface area contributed by atoms with Crippen LogP contribution in [0.3, 0.4) is 0 Å². The molecule has 0 fully saturated rings. The third-order valence-electron chi connectivity index (χ3n) is 1.93. The largest absolute Gasteiger partial charge is 0.478 e. The van der Waals surface area contributed by atoms with E-state index in [9.17, 15) is 9.59 Å². The Morgan fingerprint density at radius 2 is 2.19 bits per heavy atom. The Bertz CT molecular complexity index is 403. The zero-order valence-electron chi connectivity index (χ0n) is 8.90. The summed E-state index contributed by atoms with van der Waals surface area (Å²) in [7, 11) is 1.30. The molecule has 0 heterocycles. The highest BCUT2D eigenvalue weighted by molar-refractivity contribution is 9.10. The highest BCUT2D eigenvalue weighted by atomic mass is 79.9. The molecule has 1 atom stereocenters. The first-order valence-electron chi connectivity index (χ1n) is 4.57. The van der Waals surface area contributed by atoms with Gasteiger partial charge >= 0.3 is 5.97 Å². The molecule has 0 saturated carbocycles. The Labute approximate surface area is 102 Å². The van der Waals surface area contributed by atoms with E-state index in [1.165, 1.54) is 7.11 Å². The van der Waals surface area contributed by atoms with Gasteiger partial charge in [-0.3, -0.25) is 4.79 Å². The zero-order chi connectivity index (χ0) is 12.1. The number of carbonyl (C=O) groups excluding carboxylic acids is 2. The molecule has 0 aliphatic carbocycles. The number of hydrogen-bond donors (Lipinski definition) is 0. The summed E-state index contributed by atoms with van der Waals surface area (Å²) >= 11 is 3.25. The fraction of sp³-hybridized carbons (Fsp3) is 0.273. The molecule has 0 saturated heterocycles. The van der Waals surface area contributed by atoms with Gasteiger partial charge in [0.05, 0.1) is 11.6 Å². The molecule has 0 aliphatic rings. The smallest absolute Gasteiger partial charge is 0.346 e. The number of halogens is 1. The van der Waals surface area contributed by atoms with Gasteiger partial charge in [-0.1, -0.05) is 0 Å². The van der Waals surface area contributed by atoms with Crippen LogP contribution in [0.2, 0.25) is 0 Å². The van der Waals surface area contributed by atoms with E-state index in [1.807, 2.05) is 0 Å². The number of esters is 1. The van der Waals surface area contributed by atoms with E-state index in [0.29, 0.717) is 15.8 Å². The second kappa shape index (κ2) is 5.65. The van der Waals surface area contributed by atoms with Crippen molar-refractivity contribution in [2.45, 2.75) is 13.0 Å². The highest BCUT2D eigenvalue weighted by Gasteiger charge is 2.16. The molecule has 1 rings (SSSR count). The van der Waals surface area contributed by atoms with Crippen molar-refractivity contribution >= 4 is 28.2 Å². The third-order valence-corrected chi connectivity index (χ3v) is 2.55. The van der Waals surface area contributed by atoms with Crippen molar-refractivity contribution in [1.29, 1.82) is 0 Å². The lowest BCUT2D eigenvalue weighted by Gasteiger charge is -2.13. The predicted octanol–water partition coefficient (Wildman–Crippen LogP) is 2.20. The normalized spacial score (nSPS) is 11.7. The maximum absolute atomic E-state index is 11.1. The first-order valence-corrected chi connectivity index (χ1v) is 5.37. The molecule has 0 aromatic heterocycles. The van der Waals surface area contributed by atoms with Crippen molar-refractivity contribution in [3.05, 3.63) is 28.2 Å². The maximum Gasteiger partial charge on any atom is 0.346 e. The molecule has 0 spiro atoms. The average molecular weight is 287 g/mol. The van der Waals surface area contributed by atoms with Crippen LogP contribution in [0.15, 0.2) is 22.7 Å². The van der Waals surface area contributed by atoms with Crippen LogP contribution in [-0.4, -0.2) is 25.5 Å². The van der Waals surface area contributed by atoms with Crippen molar-refractivity contribution < 1.29 is 19.1 Å². The summed E-state index contributed by atoms with van der Waals surface area (Å²) in [4.78, 5) is 21.6. The van der Waals surface area contributed by atoms with E-state index >= 15 is 0 Å². The zero-order valence-corrected chi connectivity index (χ0v) is 10.5. The molecule has 5 heteroatoms. The molecule has 0 radical (unpaired) electrons. The molecule has 16 heavy (non-hydrogen) atoms. The molecule has 1 aromatic rings. The topological polar surface area (TPSA) is 52.6 Å². The minimum absolute atomic E-state index is 0.452. The molecule has 0 aliphatic heterocycles. The van der Waals surface area contributed by atoms with Gasteiger partial charge in [-0.05, 0) is 41.1 Å². The lowest BCUT2D eigenvalue weighted by Crippen LogP contribution is -2.25. The number of rotatable bonds is 4. The van der Waals surface area contributed by atoms with Crippen molar-refractivity contribution in [2.75, 3.05) is 7.11 Å². The summed E-state index contributed by atoms with van der Waals surface area (Å²) in [6.07, 6.45) is 0.0431. The number of benzene rings is 1. The fourth-order valence-corrected chi connectivity index (χ4v) is 1.58. The van der Waals surface area contributed by atoms with Crippen LogP contribution >= 0.6 is 15.9 Å². The summed E-state index contributed by atoms with van der Waals surface area (Å²) in [5.74, 6) is 0.0369. The molecule has 0 bridgehead atoms. The molecule has 0 N–H and O–H groups in total. The summed E-state index contributed by atoms with van der Waals surface area (Å²) < 4.78 is 10.5. The van der Waals surface area contributed by atoms with Gasteiger partial charge < -0.3 is 9.47 Å². The summed E-state index contributed by atoms with van der Waals surface area (Å²) in [5.41, 5.74) is 0.532. The summed E-state index contributed by atoms with van der Waals surface area (Å²) in [5, 5.41) is 0. The van der Waals surface area contributed by atoms with E-state index in [-0.39, 0.29) is 0 Å². The van der Waals surface area contributed by atoms with Crippen molar-refractivity contribution in [3.63, 3.8) is 0 Å². The number of hydrogen-bond acceptors (Lipinski definition) is 4. The Balaban J connectivity index is 2.82. The number of ether oxygens (including phenoxy) is 2. The third kappa shape index (κ3) is 3.06. The molecule has 1 aromatic carbocycles. The highest BCUT2D eigenvalue weighted by Crippen LogP contribution is 2.26. The standard InChI is InChI=1S/C11H11BrO4/c1-7(11(14)15-2)16-10-4-3-8(6-13)5-9(10)12/h3-7H,1-2H3. The first kappa shape index (κ1) is 12.7. The van der Waals surface area contributed by atoms with Gasteiger partial charge in [-0.25, -0.2) is 4.79 Å². The van der Waals surface area contributed by atoms with Gasteiger partial charge in [-0.15, -0.1) is 0 Å². The minimum Gasteiger partial charge on any atom is -0.478 e. The van der Waals surface area contributed by atoms with Crippen LogP contribution < -0.4 is 4.74 Å². The Kier molecular flexibility index (Phi) is 4.49. The molecule has 4 nitrogen and oxygen atoms in total. The van der Waals surface area contributed by atoms with Crippen molar-refractivity contribution in [2.24, 2.45) is 0 Å². The maximum atomic E-state index is 11.1. The number of aldehydes is 1. The van der Waals surface area contributed by atoms with E-state index in [1.54, 1.807) is 25.1 Å². The van der Waals surface area contributed by atoms with E-state index in [0.717, 1.165) is 6.29 Å². The van der Waals surface area contributed by atoms with Crippen LogP contribution in [0, 0.1) is 0 Å². The van der Waals surface area contributed by atoms with Gasteiger partial charge in [-0.2, -0.15) is 0 Å². The second-order valence-electron chi connectivity index (χ2n) is 3.09. The van der Waals surface area contributed by atoms with Gasteiger partial charge in [0, 0.05) is 5.56 Å². The van der Waals surface area contributed by atoms with Crippen molar-refractivity contribution in [3.8, 4) is 5.75 Å². The second-order valence-corrected chi connectivity index (χ2v) is 3.95. The Hall–Kier alpha value is -1.36. The van der Waals surface area contributed by atoms with Crippen LogP contribution in [0.1, 0.15) is 17.3 Å². The quantitative estimate of drug-likeness (QED) is 0.629. The number of carbonyl (C=O) groups is 2. The monoisotopic (exact) mass is 286 g/mol. The van der Waals surface area contributed by atoms with Gasteiger partial charge in [0.15, 0.2) is 6.10 Å². The fourth-order valence-electron chi connectivity index (χ4n) is 1.09. The predicted molar refractivity (Wildman–Crippen MR) is 61.6 cm³/mol. The molecule has 1 unspecified atom stereocenters. The molecular weight excluding hydrogens is 276 g/mol.